The van der Waals surface area contributed by atoms with Crippen molar-refractivity contribution in [2.24, 2.45) is 0 Å². The molecule has 1 aliphatic heterocycles. The predicted octanol–water partition coefficient (Wildman–Crippen LogP) is 2.35. The monoisotopic (exact) mass is 293 g/mol. The van der Waals surface area contributed by atoms with E-state index in [1.54, 1.807) is 0 Å². The van der Waals surface area contributed by atoms with E-state index in [1.165, 1.54) is 6.07 Å². The summed E-state index contributed by atoms with van der Waals surface area (Å²) in [5, 5.41) is 2.97. The van der Waals surface area contributed by atoms with Crippen LogP contribution in [0.2, 0.25) is 0 Å². The van der Waals surface area contributed by atoms with Gasteiger partial charge in [-0.25, -0.2) is 4.39 Å². The summed E-state index contributed by atoms with van der Waals surface area (Å²) in [6.45, 7) is 2.22. The van der Waals surface area contributed by atoms with Gasteiger partial charge >= 0.3 is 6.18 Å². The van der Waals surface area contributed by atoms with E-state index >= 15 is 0 Å². The first-order chi connectivity index (χ1) is 9.47. The molecule has 1 atom stereocenters. The third-order valence-electron chi connectivity index (χ3n) is 2.92. The fourth-order valence-electron chi connectivity index (χ4n) is 1.93. The van der Waals surface area contributed by atoms with Gasteiger partial charge in [-0.15, -0.1) is 0 Å². The van der Waals surface area contributed by atoms with Crippen LogP contribution in [-0.2, 0) is 22.2 Å². The molecule has 2 rings (SSSR count). The van der Waals surface area contributed by atoms with Gasteiger partial charge in [0.15, 0.2) is 0 Å². The molecule has 1 unspecified atom stereocenters. The Labute approximate surface area is 113 Å². The number of hydrogen-bond donors (Lipinski definition) is 1. The zero-order valence-electron chi connectivity index (χ0n) is 10.7. The highest BCUT2D eigenvalue weighted by Gasteiger charge is 2.34. The number of halogens is 4. The molecule has 0 radical (unpaired) electrons. The van der Waals surface area contributed by atoms with Crippen molar-refractivity contribution in [3.8, 4) is 0 Å². The average molecular weight is 293 g/mol. The Balaban J connectivity index is 1.89. The minimum absolute atomic E-state index is 0.105. The van der Waals surface area contributed by atoms with Crippen LogP contribution in [0.25, 0.3) is 0 Å². The lowest BCUT2D eigenvalue weighted by atomic mass is 10.1. The number of ether oxygens (including phenoxy) is 2. The molecule has 1 aromatic carbocycles. The summed E-state index contributed by atoms with van der Waals surface area (Å²) in [4.78, 5) is 0. The van der Waals surface area contributed by atoms with Gasteiger partial charge in [-0.1, -0.05) is 6.07 Å². The van der Waals surface area contributed by atoms with Crippen LogP contribution in [0, 0.1) is 5.82 Å². The van der Waals surface area contributed by atoms with Crippen LogP contribution in [0.15, 0.2) is 18.2 Å². The SMILES string of the molecule is Fc1ccc(CNCC2COCCO2)cc1C(F)(F)F. The highest BCUT2D eigenvalue weighted by Crippen LogP contribution is 2.31. The lowest BCUT2D eigenvalue weighted by Gasteiger charge is -2.23. The first kappa shape index (κ1) is 15.2. The summed E-state index contributed by atoms with van der Waals surface area (Å²) in [5.41, 5.74) is -0.871. The van der Waals surface area contributed by atoms with Gasteiger partial charge in [0.25, 0.3) is 0 Å². The maximum Gasteiger partial charge on any atom is 0.419 e. The van der Waals surface area contributed by atoms with E-state index in [2.05, 4.69) is 5.32 Å². The zero-order valence-corrected chi connectivity index (χ0v) is 10.7. The van der Waals surface area contributed by atoms with Crippen molar-refractivity contribution >= 4 is 0 Å². The molecule has 0 amide bonds. The molecular formula is C13H15F4NO2. The van der Waals surface area contributed by atoms with E-state index in [4.69, 9.17) is 9.47 Å². The summed E-state index contributed by atoms with van der Waals surface area (Å²) in [7, 11) is 0. The summed E-state index contributed by atoms with van der Waals surface area (Å²) >= 11 is 0. The predicted molar refractivity (Wildman–Crippen MR) is 63.7 cm³/mol. The largest absolute Gasteiger partial charge is 0.419 e. The molecule has 1 N–H and O–H groups in total. The van der Waals surface area contributed by atoms with Crippen LogP contribution in [-0.4, -0.2) is 32.5 Å². The van der Waals surface area contributed by atoms with Gasteiger partial charge < -0.3 is 14.8 Å². The second-order valence-electron chi connectivity index (χ2n) is 4.51. The van der Waals surface area contributed by atoms with Crippen LogP contribution < -0.4 is 5.32 Å². The van der Waals surface area contributed by atoms with Crippen molar-refractivity contribution < 1.29 is 27.0 Å². The number of hydrogen-bond acceptors (Lipinski definition) is 3. The minimum Gasteiger partial charge on any atom is -0.376 e. The van der Waals surface area contributed by atoms with Crippen molar-refractivity contribution in [3.05, 3.63) is 35.1 Å². The maximum absolute atomic E-state index is 13.1. The van der Waals surface area contributed by atoms with Crippen LogP contribution in [0.3, 0.4) is 0 Å². The normalized spacial score (nSPS) is 20.1. The second kappa shape index (κ2) is 6.51. The van der Waals surface area contributed by atoms with Crippen molar-refractivity contribution in [1.29, 1.82) is 0 Å². The molecule has 7 heteroatoms. The van der Waals surface area contributed by atoms with Gasteiger partial charge in [0.1, 0.15) is 5.82 Å². The molecule has 3 nitrogen and oxygen atoms in total. The van der Waals surface area contributed by atoms with Crippen molar-refractivity contribution in [1.82, 2.24) is 5.32 Å². The number of rotatable bonds is 4. The number of benzene rings is 1. The van der Waals surface area contributed by atoms with Crippen molar-refractivity contribution in [2.45, 2.75) is 18.8 Å². The third-order valence-corrected chi connectivity index (χ3v) is 2.92. The van der Waals surface area contributed by atoms with E-state index in [-0.39, 0.29) is 12.6 Å². The average Bonchev–Trinajstić information content (AvgIpc) is 2.40. The smallest absolute Gasteiger partial charge is 0.376 e. The lowest BCUT2D eigenvalue weighted by molar-refractivity contribution is -0.140. The standard InChI is InChI=1S/C13H15F4NO2/c14-12-2-1-9(5-11(12)13(15,16)17)6-18-7-10-8-19-3-4-20-10/h1-2,5,10,18H,3-4,6-8H2. The minimum atomic E-state index is -4.68. The molecular weight excluding hydrogens is 278 g/mol. The van der Waals surface area contributed by atoms with Crippen LogP contribution in [0.5, 0.6) is 0 Å². The first-order valence-electron chi connectivity index (χ1n) is 6.22. The summed E-state index contributed by atoms with van der Waals surface area (Å²) in [5.74, 6) is -1.26. The van der Waals surface area contributed by atoms with Crippen molar-refractivity contribution in [3.63, 3.8) is 0 Å². The van der Waals surface area contributed by atoms with Crippen LogP contribution in [0.4, 0.5) is 17.6 Å². The van der Waals surface area contributed by atoms with Gasteiger partial charge in [0.2, 0.25) is 0 Å². The van der Waals surface area contributed by atoms with E-state index in [9.17, 15) is 17.6 Å². The van der Waals surface area contributed by atoms with Gasteiger partial charge in [0, 0.05) is 13.1 Å². The Bertz CT molecular complexity index is 444. The van der Waals surface area contributed by atoms with Gasteiger partial charge in [-0.3, -0.25) is 0 Å². The Hall–Kier alpha value is -1.18. The molecule has 112 valence electrons. The molecule has 0 bridgehead atoms. The Morgan fingerprint density at radius 2 is 2.05 bits per heavy atom. The summed E-state index contributed by atoms with van der Waals surface area (Å²) in [6.07, 6.45) is -4.79. The third kappa shape index (κ3) is 4.16. The molecule has 1 aliphatic rings. The number of nitrogens with one attached hydrogen (secondary N) is 1. The fraction of sp³-hybridized carbons (Fsp3) is 0.538. The van der Waals surface area contributed by atoms with Gasteiger partial charge in [-0.05, 0) is 17.7 Å². The quantitative estimate of drug-likeness (QED) is 0.864. The Morgan fingerprint density at radius 3 is 2.70 bits per heavy atom. The van der Waals surface area contributed by atoms with Crippen LogP contribution >= 0.6 is 0 Å². The molecule has 1 aromatic rings. The summed E-state index contributed by atoms with van der Waals surface area (Å²) < 4.78 is 61.3. The summed E-state index contributed by atoms with van der Waals surface area (Å²) in [6, 6.07) is 2.98. The zero-order chi connectivity index (χ0) is 14.6. The topological polar surface area (TPSA) is 30.5 Å². The Morgan fingerprint density at radius 1 is 1.25 bits per heavy atom. The maximum atomic E-state index is 13.1. The molecule has 0 spiro atoms. The highest BCUT2D eigenvalue weighted by molar-refractivity contribution is 5.27. The molecule has 1 heterocycles. The molecule has 1 fully saturated rings. The lowest BCUT2D eigenvalue weighted by Crippen LogP contribution is -2.37. The first-order valence-corrected chi connectivity index (χ1v) is 6.22. The van der Waals surface area contributed by atoms with Crippen molar-refractivity contribution in [2.75, 3.05) is 26.4 Å². The molecule has 0 saturated carbocycles. The van der Waals surface area contributed by atoms with Gasteiger partial charge in [-0.2, -0.15) is 13.2 Å². The molecule has 0 aromatic heterocycles. The number of alkyl halides is 3. The molecule has 20 heavy (non-hydrogen) atoms. The Kier molecular flexibility index (Phi) is 4.95. The van der Waals surface area contributed by atoms with E-state index in [1.807, 2.05) is 0 Å². The fourth-order valence-corrected chi connectivity index (χ4v) is 1.93. The van der Waals surface area contributed by atoms with Crippen LogP contribution in [0.1, 0.15) is 11.1 Å². The molecule has 1 saturated heterocycles. The van der Waals surface area contributed by atoms with E-state index in [0.717, 1.165) is 12.1 Å². The highest BCUT2D eigenvalue weighted by atomic mass is 19.4. The van der Waals surface area contributed by atoms with Gasteiger partial charge in [0.05, 0.1) is 31.5 Å². The van der Waals surface area contributed by atoms with E-state index < -0.39 is 17.6 Å². The molecule has 0 aliphatic carbocycles. The van der Waals surface area contributed by atoms with E-state index in [0.29, 0.717) is 31.9 Å². The second-order valence-corrected chi connectivity index (χ2v) is 4.51.